The van der Waals surface area contributed by atoms with E-state index in [0.29, 0.717) is 28.6 Å². The van der Waals surface area contributed by atoms with Gasteiger partial charge in [0.15, 0.2) is 11.5 Å². The molecule has 0 aliphatic carbocycles. The molecule has 2 rings (SSSR count). The molecule has 7 nitrogen and oxygen atoms in total. The topological polar surface area (TPSA) is 82.6 Å². The molecule has 1 aromatic heterocycles. The van der Waals surface area contributed by atoms with Gasteiger partial charge in [-0.1, -0.05) is 0 Å². The lowest BCUT2D eigenvalue weighted by Gasteiger charge is -2.13. The number of benzene rings is 1. The zero-order valence-electron chi connectivity index (χ0n) is 11.9. The number of hydrogen-bond donors (Lipinski definition) is 1. The summed E-state index contributed by atoms with van der Waals surface area (Å²) in [6, 6.07) is 4.73. The first kappa shape index (κ1) is 14.6. The minimum Gasteiger partial charge on any atom is -0.493 e. The molecule has 0 atom stereocenters. The maximum atomic E-state index is 12.2. The normalized spacial score (nSPS) is 9.86. The molecule has 0 fully saturated rings. The Morgan fingerprint density at radius 2 is 1.76 bits per heavy atom. The molecule has 0 aliphatic rings. The van der Waals surface area contributed by atoms with Gasteiger partial charge in [0.2, 0.25) is 5.75 Å². The Hall–Kier alpha value is -2.83. The van der Waals surface area contributed by atoms with Crippen LogP contribution in [0.2, 0.25) is 0 Å². The summed E-state index contributed by atoms with van der Waals surface area (Å²) in [7, 11) is 4.48. The van der Waals surface area contributed by atoms with Crippen molar-refractivity contribution in [3.05, 3.63) is 36.3 Å². The van der Waals surface area contributed by atoms with Gasteiger partial charge in [-0.2, -0.15) is 0 Å². The molecule has 0 bridgehead atoms. The number of methoxy groups -OCH3 is 3. The largest absolute Gasteiger partial charge is 0.493 e. The highest BCUT2D eigenvalue weighted by atomic mass is 16.5. The van der Waals surface area contributed by atoms with Gasteiger partial charge in [0.25, 0.3) is 5.91 Å². The Morgan fingerprint density at radius 1 is 1.10 bits per heavy atom. The first-order valence-electron chi connectivity index (χ1n) is 6.07. The molecule has 0 unspecified atom stereocenters. The summed E-state index contributed by atoms with van der Waals surface area (Å²) in [4.78, 5) is 19.9. The van der Waals surface area contributed by atoms with Gasteiger partial charge >= 0.3 is 0 Å². The second-order valence-electron chi connectivity index (χ2n) is 3.96. The molecule has 7 heteroatoms. The van der Waals surface area contributed by atoms with E-state index >= 15 is 0 Å². The van der Waals surface area contributed by atoms with Gasteiger partial charge in [-0.25, -0.2) is 9.97 Å². The Bertz CT molecular complexity index is 606. The number of rotatable bonds is 5. The SMILES string of the molecule is COc1cc(C(=O)Nc2ccncn2)cc(OC)c1OC. The fourth-order valence-electron chi connectivity index (χ4n) is 1.77. The van der Waals surface area contributed by atoms with Crippen molar-refractivity contribution in [2.75, 3.05) is 26.6 Å². The van der Waals surface area contributed by atoms with Gasteiger partial charge in [-0.15, -0.1) is 0 Å². The number of ether oxygens (including phenoxy) is 3. The molecule has 1 heterocycles. The average Bonchev–Trinajstić information content (AvgIpc) is 2.54. The molecule has 21 heavy (non-hydrogen) atoms. The van der Waals surface area contributed by atoms with Crippen LogP contribution >= 0.6 is 0 Å². The molecular weight excluding hydrogens is 274 g/mol. The first-order valence-corrected chi connectivity index (χ1v) is 6.07. The fraction of sp³-hybridized carbons (Fsp3) is 0.214. The van der Waals surface area contributed by atoms with Crippen LogP contribution in [0.3, 0.4) is 0 Å². The van der Waals surface area contributed by atoms with Gasteiger partial charge in [-0.05, 0) is 18.2 Å². The van der Waals surface area contributed by atoms with Crippen LogP contribution in [0.4, 0.5) is 5.82 Å². The van der Waals surface area contributed by atoms with E-state index in [1.807, 2.05) is 0 Å². The maximum absolute atomic E-state index is 12.2. The van der Waals surface area contributed by atoms with Gasteiger partial charge < -0.3 is 19.5 Å². The third-order valence-electron chi connectivity index (χ3n) is 2.75. The van der Waals surface area contributed by atoms with Crippen molar-refractivity contribution in [1.82, 2.24) is 9.97 Å². The second-order valence-corrected chi connectivity index (χ2v) is 3.96. The van der Waals surface area contributed by atoms with E-state index in [-0.39, 0.29) is 5.91 Å². The highest BCUT2D eigenvalue weighted by molar-refractivity contribution is 6.04. The van der Waals surface area contributed by atoms with E-state index in [1.54, 1.807) is 18.2 Å². The van der Waals surface area contributed by atoms with E-state index in [1.165, 1.54) is 33.9 Å². The number of nitrogens with one attached hydrogen (secondary N) is 1. The number of aromatic nitrogens is 2. The molecule has 1 N–H and O–H groups in total. The number of nitrogens with zero attached hydrogens (tertiary/aromatic N) is 2. The summed E-state index contributed by atoms with van der Waals surface area (Å²) in [6.45, 7) is 0. The molecule has 1 aromatic carbocycles. The van der Waals surface area contributed by atoms with Crippen molar-refractivity contribution in [2.45, 2.75) is 0 Å². The molecule has 2 aromatic rings. The number of anilines is 1. The zero-order chi connectivity index (χ0) is 15.2. The van der Waals surface area contributed by atoms with E-state index in [0.717, 1.165) is 0 Å². The third kappa shape index (κ3) is 3.19. The summed E-state index contributed by atoms with van der Waals surface area (Å²) < 4.78 is 15.6. The summed E-state index contributed by atoms with van der Waals surface area (Å²) in [5.41, 5.74) is 0.364. The fourth-order valence-corrected chi connectivity index (χ4v) is 1.77. The first-order chi connectivity index (χ1) is 10.2. The van der Waals surface area contributed by atoms with Gasteiger partial charge in [0, 0.05) is 11.8 Å². The van der Waals surface area contributed by atoms with Crippen LogP contribution in [0.25, 0.3) is 0 Å². The van der Waals surface area contributed by atoms with E-state index in [9.17, 15) is 4.79 Å². The third-order valence-corrected chi connectivity index (χ3v) is 2.75. The Labute approximate surface area is 121 Å². The summed E-state index contributed by atoms with van der Waals surface area (Å²) in [5, 5.41) is 2.66. The highest BCUT2D eigenvalue weighted by Crippen LogP contribution is 2.38. The maximum Gasteiger partial charge on any atom is 0.257 e. The lowest BCUT2D eigenvalue weighted by Crippen LogP contribution is -2.13. The van der Waals surface area contributed by atoms with Crippen LogP contribution in [-0.2, 0) is 0 Å². The number of amides is 1. The van der Waals surface area contributed by atoms with E-state index in [2.05, 4.69) is 15.3 Å². The van der Waals surface area contributed by atoms with Crippen LogP contribution in [0.15, 0.2) is 30.7 Å². The predicted octanol–water partition coefficient (Wildman–Crippen LogP) is 1.75. The number of carbonyl (C=O) groups excluding carboxylic acids is 1. The Morgan fingerprint density at radius 3 is 2.24 bits per heavy atom. The summed E-state index contributed by atoms with van der Waals surface area (Å²) in [5.74, 6) is 1.31. The van der Waals surface area contributed by atoms with Gasteiger partial charge in [-0.3, -0.25) is 4.79 Å². The molecule has 0 radical (unpaired) electrons. The van der Waals surface area contributed by atoms with Crippen molar-refractivity contribution in [2.24, 2.45) is 0 Å². The average molecular weight is 289 g/mol. The minimum absolute atomic E-state index is 0.340. The molecule has 0 spiro atoms. The van der Waals surface area contributed by atoms with Crippen LogP contribution in [-0.4, -0.2) is 37.2 Å². The van der Waals surface area contributed by atoms with Crippen LogP contribution in [0, 0.1) is 0 Å². The van der Waals surface area contributed by atoms with E-state index in [4.69, 9.17) is 14.2 Å². The van der Waals surface area contributed by atoms with Crippen LogP contribution in [0.1, 0.15) is 10.4 Å². The van der Waals surface area contributed by atoms with Crippen molar-refractivity contribution in [3.8, 4) is 17.2 Å². The lowest BCUT2D eigenvalue weighted by molar-refractivity contribution is 0.102. The van der Waals surface area contributed by atoms with Crippen LogP contribution in [0.5, 0.6) is 17.2 Å². The molecule has 0 saturated carbocycles. The molecule has 0 aliphatic heterocycles. The predicted molar refractivity (Wildman–Crippen MR) is 76.1 cm³/mol. The monoisotopic (exact) mass is 289 g/mol. The van der Waals surface area contributed by atoms with Crippen molar-refractivity contribution in [1.29, 1.82) is 0 Å². The standard InChI is InChI=1S/C14H15N3O4/c1-19-10-6-9(7-11(20-2)13(10)21-3)14(18)17-12-4-5-15-8-16-12/h4-8H,1-3H3,(H,15,16,17,18). The van der Waals surface area contributed by atoms with Gasteiger partial charge in [0.05, 0.1) is 21.3 Å². The second kappa shape index (κ2) is 6.56. The smallest absolute Gasteiger partial charge is 0.257 e. The van der Waals surface area contributed by atoms with Crippen molar-refractivity contribution in [3.63, 3.8) is 0 Å². The van der Waals surface area contributed by atoms with Crippen molar-refractivity contribution < 1.29 is 19.0 Å². The molecule has 110 valence electrons. The minimum atomic E-state index is -0.340. The lowest BCUT2D eigenvalue weighted by atomic mass is 10.1. The quantitative estimate of drug-likeness (QED) is 0.903. The number of hydrogen-bond acceptors (Lipinski definition) is 6. The molecular formula is C14H15N3O4. The summed E-state index contributed by atoms with van der Waals surface area (Å²) in [6.07, 6.45) is 2.89. The Kier molecular flexibility index (Phi) is 4.55. The highest BCUT2D eigenvalue weighted by Gasteiger charge is 2.17. The molecule has 1 amide bonds. The Balaban J connectivity index is 2.33. The number of carbonyl (C=O) groups is 1. The molecule has 0 saturated heterocycles. The van der Waals surface area contributed by atoms with E-state index < -0.39 is 0 Å². The zero-order valence-corrected chi connectivity index (χ0v) is 11.9. The van der Waals surface area contributed by atoms with Crippen molar-refractivity contribution >= 4 is 11.7 Å². The van der Waals surface area contributed by atoms with Crippen LogP contribution < -0.4 is 19.5 Å². The summed E-state index contributed by atoms with van der Waals surface area (Å²) >= 11 is 0. The van der Waals surface area contributed by atoms with Gasteiger partial charge in [0.1, 0.15) is 12.1 Å².